The molecule has 1 aromatic carbocycles. The van der Waals surface area contributed by atoms with Crippen molar-refractivity contribution in [2.45, 2.75) is 35.3 Å². The summed E-state index contributed by atoms with van der Waals surface area (Å²) in [5.41, 5.74) is -12.0. The average Bonchev–Trinajstić information content (AvgIpc) is 2.88. The van der Waals surface area contributed by atoms with Gasteiger partial charge >= 0.3 is 35.3 Å². The van der Waals surface area contributed by atoms with Crippen molar-refractivity contribution in [3.8, 4) is 0 Å². The van der Waals surface area contributed by atoms with Crippen molar-refractivity contribution >= 4 is 17.3 Å². The zero-order valence-corrected chi connectivity index (χ0v) is 14.0. The standard InChI is InChI=1S/C16H4F12O3/c17-4-1-2-5-6(3-4)9(30)7(8(5)29)10(31)11(18)12(19,20)14(23,24)16(27,28)15(25,26)13(11,21)22/h1-3,30H/p-1. The maximum Gasteiger partial charge on any atom is 0.384 e. The molecule has 0 N–H and O–H groups in total. The van der Waals surface area contributed by atoms with E-state index >= 15 is 0 Å². The molecule has 3 rings (SSSR count). The summed E-state index contributed by atoms with van der Waals surface area (Å²) >= 11 is 0. The molecular formula is C16H3F12O3-. The summed E-state index contributed by atoms with van der Waals surface area (Å²) < 4.78 is 164. The Morgan fingerprint density at radius 2 is 1.13 bits per heavy atom. The highest BCUT2D eigenvalue weighted by atomic mass is 19.4. The number of rotatable bonds is 2. The Hall–Kier alpha value is -2.74. The number of fused-ring (bicyclic) bond motifs is 1. The second-order valence-electron chi connectivity index (χ2n) is 6.58. The number of hydrogen-bond donors (Lipinski definition) is 0. The first-order valence-corrected chi connectivity index (χ1v) is 7.62. The molecule has 2 aliphatic rings. The van der Waals surface area contributed by atoms with Gasteiger partial charge in [-0.1, -0.05) is 5.76 Å². The molecule has 0 spiro atoms. The summed E-state index contributed by atoms with van der Waals surface area (Å²) in [7, 11) is 0. The van der Waals surface area contributed by atoms with Gasteiger partial charge in [0.1, 0.15) is 5.82 Å². The summed E-state index contributed by atoms with van der Waals surface area (Å²) in [4.78, 5) is 24.1. The summed E-state index contributed by atoms with van der Waals surface area (Å²) in [6.07, 6.45) is 0. The van der Waals surface area contributed by atoms with Crippen LogP contribution in [0.2, 0.25) is 0 Å². The molecule has 31 heavy (non-hydrogen) atoms. The Balaban J connectivity index is 2.33. The van der Waals surface area contributed by atoms with Gasteiger partial charge in [0.15, 0.2) is 5.78 Å². The molecule has 0 heterocycles. The van der Waals surface area contributed by atoms with E-state index in [4.69, 9.17) is 0 Å². The first-order chi connectivity index (χ1) is 13.7. The van der Waals surface area contributed by atoms with Crippen molar-refractivity contribution in [1.29, 1.82) is 0 Å². The molecule has 0 aromatic heterocycles. The molecule has 1 saturated carbocycles. The molecular weight excluding hydrogens is 468 g/mol. The average molecular weight is 471 g/mol. The van der Waals surface area contributed by atoms with Crippen LogP contribution in [0.4, 0.5) is 52.7 Å². The largest absolute Gasteiger partial charge is 0.871 e. The number of Topliss-reactive ketones (excluding diaryl/α,β-unsaturated/α-hetero) is 2. The van der Waals surface area contributed by atoms with Gasteiger partial charge in [-0.25, -0.2) is 8.78 Å². The molecule has 0 amide bonds. The smallest absolute Gasteiger partial charge is 0.384 e. The van der Waals surface area contributed by atoms with Crippen LogP contribution in [0.5, 0.6) is 0 Å². The number of benzene rings is 1. The van der Waals surface area contributed by atoms with E-state index in [0.29, 0.717) is 12.1 Å². The van der Waals surface area contributed by atoms with Gasteiger partial charge in [-0.2, -0.15) is 43.9 Å². The summed E-state index contributed by atoms with van der Waals surface area (Å²) in [6, 6.07) is 0.967. The third-order valence-electron chi connectivity index (χ3n) is 4.91. The Morgan fingerprint density at radius 1 is 0.710 bits per heavy atom. The van der Waals surface area contributed by atoms with Crippen molar-refractivity contribution in [3.05, 3.63) is 40.7 Å². The van der Waals surface area contributed by atoms with Crippen molar-refractivity contribution in [2.24, 2.45) is 0 Å². The predicted molar refractivity (Wildman–Crippen MR) is 71.2 cm³/mol. The number of ketones is 2. The minimum atomic E-state index is -7.58. The van der Waals surface area contributed by atoms with Crippen LogP contribution in [0.3, 0.4) is 0 Å². The third-order valence-corrected chi connectivity index (χ3v) is 4.91. The van der Waals surface area contributed by atoms with E-state index in [0.717, 1.165) is 0 Å². The van der Waals surface area contributed by atoms with Crippen molar-refractivity contribution < 1.29 is 67.4 Å². The number of allylic oxidation sites excluding steroid dienone is 1. The van der Waals surface area contributed by atoms with Gasteiger partial charge in [0.25, 0.3) is 0 Å². The topological polar surface area (TPSA) is 57.2 Å². The zero-order chi connectivity index (χ0) is 24.2. The lowest BCUT2D eigenvalue weighted by atomic mass is 9.68. The summed E-state index contributed by atoms with van der Waals surface area (Å²) in [6.45, 7) is 0. The Labute approximate surface area is 161 Å². The van der Waals surface area contributed by atoms with Gasteiger partial charge in [-0.05, 0) is 23.8 Å². The number of alkyl halides is 11. The first-order valence-electron chi connectivity index (χ1n) is 7.62. The van der Waals surface area contributed by atoms with Crippen molar-refractivity contribution in [3.63, 3.8) is 0 Å². The Bertz CT molecular complexity index is 1030. The van der Waals surface area contributed by atoms with Gasteiger partial charge in [-0.15, -0.1) is 0 Å². The number of hydrogen-bond acceptors (Lipinski definition) is 3. The minimum Gasteiger partial charge on any atom is -0.871 e. The molecule has 0 aliphatic heterocycles. The molecule has 0 saturated heterocycles. The van der Waals surface area contributed by atoms with Gasteiger partial charge in [0.2, 0.25) is 5.78 Å². The van der Waals surface area contributed by atoms with Gasteiger partial charge in [0.05, 0.1) is 5.57 Å². The lowest BCUT2D eigenvalue weighted by Crippen LogP contribution is -2.85. The van der Waals surface area contributed by atoms with Crippen molar-refractivity contribution in [1.82, 2.24) is 0 Å². The molecule has 170 valence electrons. The molecule has 3 nitrogen and oxygen atoms in total. The molecule has 0 radical (unpaired) electrons. The van der Waals surface area contributed by atoms with Crippen LogP contribution in [0.15, 0.2) is 23.8 Å². The molecule has 0 bridgehead atoms. The van der Waals surface area contributed by atoms with Gasteiger partial charge < -0.3 is 5.11 Å². The zero-order valence-electron chi connectivity index (χ0n) is 14.0. The molecule has 1 aromatic rings. The van der Waals surface area contributed by atoms with Crippen LogP contribution in [-0.2, 0) is 4.79 Å². The maximum absolute atomic E-state index is 14.8. The van der Waals surface area contributed by atoms with E-state index in [9.17, 15) is 67.4 Å². The van der Waals surface area contributed by atoms with Crippen LogP contribution >= 0.6 is 0 Å². The summed E-state index contributed by atoms with van der Waals surface area (Å²) in [5, 5.41) is 12.0. The lowest BCUT2D eigenvalue weighted by molar-refractivity contribution is -0.475. The van der Waals surface area contributed by atoms with E-state index in [2.05, 4.69) is 0 Å². The molecule has 2 aliphatic carbocycles. The fourth-order valence-corrected chi connectivity index (χ4v) is 3.16. The molecule has 15 heteroatoms. The number of carbonyl (C=O) groups excluding carboxylic acids is 2. The van der Waals surface area contributed by atoms with E-state index in [1.165, 1.54) is 0 Å². The highest BCUT2D eigenvalue weighted by molar-refractivity contribution is 6.36. The Kier molecular flexibility index (Phi) is 4.24. The SMILES string of the molecule is O=C1C(C(=O)C2(F)C(F)(F)C(F)(F)C(F)(F)C(F)(F)C2(F)F)=C([O-])c2cc(F)ccc21. The molecule has 0 unspecified atom stereocenters. The lowest BCUT2D eigenvalue weighted by Gasteiger charge is -2.51. The minimum absolute atomic E-state index is 0.148. The highest BCUT2D eigenvalue weighted by Crippen LogP contribution is 2.70. The number of halogens is 12. The van der Waals surface area contributed by atoms with Crippen LogP contribution in [-0.4, -0.2) is 46.8 Å². The third kappa shape index (κ3) is 2.14. The summed E-state index contributed by atoms with van der Waals surface area (Å²) in [5.74, 6) is -47.4. The second-order valence-corrected chi connectivity index (χ2v) is 6.58. The van der Waals surface area contributed by atoms with Gasteiger partial charge in [0, 0.05) is 5.56 Å². The van der Waals surface area contributed by atoms with E-state index in [1.54, 1.807) is 0 Å². The van der Waals surface area contributed by atoms with Crippen LogP contribution in [0, 0.1) is 5.82 Å². The van der Waals surface area contributed by atoms with Crippen LogP contribution in [0.1, 0.15) is 15.9 Å². The van der Waals surface area contributed by atoms with E-state index < -0.39 is 75.1 Å². The quantitative estimate of drug-likeness (QED) is 0.490. The predicted octanol–water partition coefficient (Wildman–Crippen LogP) is 3.56. The van der Waals surface area contributed by atoms with E-state index in [1.807, 2.05) is 0 Å². The number of carbonyl (C=O) groups is 2. The fraction of sp³-hybridized carbons (Fsp3) is 0.375. The van der Waals surface area contributed by atoms with Crippen LogP contribution in [0.25, 0.3) is 5.76 Å². The molecule has 0 atom stereocenters. The molecule has 1 fully saturated rings. The fourth-order valence-electron chi connectivity index (χ4n) is 3.16. The highest BCUT2D eigenvalue weighted by Gasteiger charge is 3.02. The van der Waals surface area contributed by atoms with Crippen molar-refractivity contribution in [2.75, 3.05) is 0 Å². The monoisotopic (exact) mass is 471 g/mol. The second kappa shape index (κ2) is 5.73. The normalized spacial score (nSPS) is 26.5. The van der Waals surface area contributed by atoms with Gasteiger partial charge in [-0.3, -0.25) is 9.59 Å². The maximum atomic E-state index is 14.8. The van der Waals surface area contributed by atoms with Crippen LogP contribution < -0.4 is 5.11 Å². The first kappa shape index (κ1) is 22.9. The Morgan fingerprint density at radius 3 is 1.58 bits per heavy atom. The van der Waals surface area contributed by atoms with E-state index in [-0.39, 0.29) is 6.07 Å².